The first-order valence-corrected chi connectivity index (χ1v) is 13.5. The molecule has 10 nitrogen and oxygen atoms in total. The summed E-state index contributed by atoms with van der Waals surface area (Å²) in [5, 5.41) is 5.88. The number of nitrogens with two attached hydrogens (primary N) is 1. The van der Waals surface area contributed by atoms with Gasteiger partial charge in [0.1, 0.15) is 29.1 Å². The molecule has 10 heteroatoms. The van der Waals surface area contributed by atoms with Crippen molar-refractivity contribution in [3.05, 3.63) is 108 Å². The third-order valence-electron chi connectivity index (χ3n) is 8.09. The average molecular weight is 551 g/mol. The molecule has 6 rings (SSSR count). The lowest BCUT2D eigenvalue weighted by atomic mass is 9.86. The number of hydrogen-bond donors (Lipinski definition) is 3. The number of amides is 2. The molecular weight excluding hydrogens is 520 g/mol. The van der Waals surface area contributed by atoms with Crippen molar-refractivity contribution in [1.29, 1.82) is 0 Å². The van der Waals surface area contributed by atoms with Gasteiger partial charge in [-0.15, -0.1) is 0 Å². The number of benzene rings is 2. The molecule has 4 N–H and O–H groups in total. The molecular formula is C31H30N6O4. The van der Waals surface area contributed by atoms with Gasteiger partial charge in [-0.2, -0.15) is 0 Å². The summed E-state index contributed by atoms with van der Waals surface area (Å²) in [4.78, 5) is 59.9. The second kappa shape index (κ2) is 9.65. The van der Waals surface area contributed by atoms with Gasteiger partial charge in [-0.1, -0.05) is 49.7 Å². The lowest BCUT2D eigenvalue weighted by molar-refractivity contribution is 0.0931. The Hall–Kier alpha value is -4.86. The Morgan fingerprint density at radius 1 is 1.02 bits per heavy atom. The van der Waals surface area contributed by atoms with Crippen LogP contribution in [0.25, 0.3) is 0 Å². The van der Waals surface area contributed by atoms with E-state index in [1.54, 1.807) is 4.90 Å². The van der Waals surface area contributed by atoms with Crippen molar-refractivity contribution in [1.82, 2.24) is 20.6 Å². The highest BCUT2D eigenvalue weighted by Crippen LogP contribution is 2.45. The van der Waals surface area contributed by atoms with Crippen molar-refractivity contribution in [2.45, 2.75) is 51.6 Å². The van der Waals surface area contributed by atoms with Crippen LogP contribution in [0.15, 0.2) is 58.4 Å². The normalized spacial score (nSPS) is 16.9. The van der Waals surface area contributed by atoms with E-state index in [1.807, 2.05) is 31.2 Å². The number of aromatic nitrogens is 2. The van der Waals surface area contributed by atoms with E-state index in [1.165, 1.54) is 23.5 Å². The largest absolute Gasteiger partial charge is 0.394 e. The van der Waals surface area contributed by atoms with Crippen molar-refractivity contribution in [2.24, 2.45) is 0 Å². The molecule has 2 heterocycles. The number of aryl methyl sites for hydroxylation is 2. The van der Waals surface area contributed by atoms with E-state index in [0.29, 0.717) is 6.54 Å². The highest BCUT2D eigenvalue weighted by molar-refractivity contribution is 5.97. The SMILES string of the molecule is Cc1ccc2c(c1)CC[C@@H]2NC(=O)c1cc(C(=O)NCc2ccc3c(c2)N(c2c(N)c(=O)c2=O)CC3(C)C)ncn1. The molecule has 2 aliphatic rings. The van der Waals surface area contributed by atoms with Crippen LogP contribution >= 0.6 is 0 Å². The highest BCUT2D eigenvalue weighted by Gasteiger charge is 2.39. The van der Waals surface area contributed by atoms with Crippen LogP contribution in [0.4, 0.5) is 17.1 Å². The first-order chi connectivity index (χ1) is 19.5. The number of carbonyl (C=O) groups excluding carboxylic acids is 2. The van der Waals surface area contributed by atoms with Crippen LogP contribution in [0, 0.1) is 6.92 Å². The molecule has 0 bridgehead atoms. The minimum absolute atomic E-state index is 0.0202. The summed E-state index contributed by atoms with van der Waals surface area (Å²) in [6, 6.07) is 13.3. The molecule has 0 unspecified atom stereocenters. The van der Waals surface area contributed by atoms with E-state index < -0.39 is 16.8 Å². The Morgan fingerprint density at radius 3 is 2.54 bits per heavy atom. The number of nitrogen functional groups attached to an aromatic ring is 1. The number of nitrogens with zero attached hydrogens (tertiary/aromatic N) is 3. The van der Waals surface area contributed by atoms with Gasteiger partial charge in [0.25, 0.3) is 22.7 Å². The molecule has 2 amide bonds. The quantitative estimate of drug-likeness (QED) is 0.311. The Morgan fingerprint density at radius 2 is 1.78 bits per heavy atom. The van der Waals surface area contributed by atoms with Gasteiger partial charge in [-0.05, 0) is 48.1 Å². The highest BCUT2D eigenvalue weighted by atomic mass is 16.2. The molecule has 1 aliphatic carbocycles. The Balaban J connectivity index is 1.15. The molecule has 41 heavy (non-hydrogen) atoms. The molecule has 1 aromatic heterocycles. The monoisotopic (exact) mass is 550 g/mol. The summed E-state index contributed by atoms with van der Waals surface area (Å²) < 4.78 is 0. The van der Waals surface area contributed by atoms with Crippen molar-refractivity contribution in [3.63, 3.8) is 0 Å². The zero-order valence-electron chi connectivity index (χ0n) is 23.1. The third kappa shape index (κ3) is 4.55. The molecule has 1 atom stereocenters. The van der Waals surface area contributed by atoms with Crippen LogP contribution < -0.4 is 32.1 Å². The summed E-state index contributed by atoms with van der Waals surface area (Å²) in [6.45, 7) is 6.86. The zero-order chi connectivity index (χ0) is 29.1. The molecule has 0 fully saturated rings. The van der Waals surface area contributed by atoms with Crippen LogP contribution in [-0.4, -0.2) is 28.3 Å². The van der Waals surface area contributed by atoms with E-state index in [9.17, 15) is 19.2 Å². The third-order valence-corrected chi connectivity index (χ3v) is 8.09. The summed E-state index contributed by atoms with van der Waals surface area (Å²) in [5.74, 6) is -0.814. The summed E-state index contributed by atoms with van der Waals surface area (Å²) in [7, 11) is 0. The first-order valence-electron chi connectivity index (χ1n) is 13.5. The van der Waals surface area contributed by atoms with Gasteiger partial charge in [0, 0.05) is 30.3 Å². The van der Waals surface area contributed by atoms with Gasteiger partial charge < -0.3 is 21.3 Å². The van der Waals surface area contributed by atoms with Crippen LogP contribution in [0.3, 0.4) is 0 Å². The van der Waals surface area contributed by atoms with Crippen LogP contribution in [0.5, 0.6) is 0 Å². The lowest BCUT2D eigenvalue weighted by Gasteiger charge is -2.24. The van der Waals surface area contributed by atoms with Gasteiger partial charge in [0.2, 0.25) is 0 Å². The summed E-state index contributed by atoms with van der Waals surface area (Å²) >= 11 is 0. The predicted molar refractivity (Wildman–Crippen MR) is 155 cm³/mol. The standard InChI is InChI=1S/C31H30N6O4/c1-16-4-7-19-18(10-16)6-9-21(19)36-30(41)23-12-22(34-15-35-23)29(40)33-13-17-5-8-20-24(11-17)37(14-31(20,2)3)26-25(32)27(38)28(26)39/h4-5,7-8,10-12,15,21H,6,9,13-14,32H2,1-3H3,(H,33,40)(H,36,41)/t21-/m0/s1. The maximum atomic E-state index is 13.0. The second-order valence-electron chi connectivity index (χ2n) is 11.5. The topological polar surface area (TPSA) is 147 Å². The second-order valence-corrected chi connectivity index (χ2v) is 11.5. The summed E-state index contributed by atoms with van der Waals surface area (Å²) in [5.41, 5.74) is 10.9. The fourth-order valence-electron chi connectivity index (χ4n) is 5.92. The molecule has 0 saturated carbocycles. The van der Waals surface area contributed by atoms with E-state index in [0.717, 1.165) is 35.2 Å². The molecule has 4 aromatic rings. The van der Waals surface area contributed by atoms with Crippen molar-refractivity contribution >= 4 is 28.9 Å². The van der Waals surface area contributed by atoms with Gasteiger partial charge in [-0.25, -0.2) is 9.97 Å². The molecule has 0 radical (unpaired) electrons. The van der Waals surface area contributed by atoms with Crippen molar-refractivity contribution < 1.29 is 9.59 Å². The number of carbonyl (C=O) groups is 2. The molecule has 0 saturated heterocycles. The predicted octanol–water partition coefficient (Wildman–Crippen LogP) is 2.74. The molecule has 1 aliphatic heterocycles. The maximum absolute atomic E-state index is 13.0. The Kier molecular flexibility index (Phi) is 6.21. The maximum Gasteiger partial charge on any atom is 0.270 e. The lowest BCUT2D eigenvalue weighted by Crippen LogP contribution is -2.41. The Bertz CT molecular complexity index is 1800. The van der Waals surface area contributed by atoms with E-state index in [-0.39, 0.29) is 46.7 Å². The van der Waals surface area contributed by atoms with Crippen LogP contribution in [0.2, 0.25) is 0 Å². The average Bonchev–Trinajstić information content (AvgIpc) is 3.47. The van der Waals surface area contributed by atoms with E-state index in [2.05, 4.69) is 46.6 Å². The number of anilines is 3. The smallest absolute Gasteiger partial charge is 0.270 e. The fraction of sp³-hybridized carbons (Fsp3) is 0.290. The van der Waals surface area contributed by atoms with E-state index in [4.69, 9.17) is 5.73 Å². The van der Waals surface area contributed by atoms with E-state index >= 15 is 0 Å². The molecule has 3 aromatic carbocycles. The number of nitrogens with one attached hydrogen (secondary N) is 2. The number of fused-ring (bicyclic) bond motifs is 2. The molecule has 208 valence electrons. The summed E-state index contributed by atoms with van der Waals surface area (Å²) in [6.07, 6.45) is 2.92. The zero-order valence-corrected chi connectivity index (χ0v) is 23.1. The van der Waals surface area contributed by atoms with Crippen LogP contribution in [-0.2, 0) is 18.4 Å². The fourth-order valence-corrected chi connectivity index (χ4v) is 5.92. The minimum atomic E-state index is -0.657. The number of rotatable bonds is 6. The van der Waals surface area contributed by atoms with Crippen molar-refractivity contribution in [3.8, 4) is 0 Å². The van der Waals surface area contributed by atoms with Crippen molar-refractivity contribution in [2.75, 3.05) is 17.2 Å². The Labute approximate surface area is 236 Å². The van der Waals surface area contributed by atoms with Gasteiger partial charge in [0.05, 0.1) is 6.04 Å². The molecule has 0 spiro atoms. The van der Waals surface area contributed by atoms with Gasteiger partial charge in [0.15, 0.2) is 0 Å². The number of hydrogen-bond acceptors (Lipinski definition) is 8. The first kappa shape index (κ1) is 26.4. The van der Waals surface area contributed by atoms with Gasteiger partial charge in [-0.3, -0.25) is 19.2 Å². The minimum Gasteiger partial charge on any atom is -0.394 e. The van der Waals surface area contributed by atoms with Gasteiger partial charge >= 0.3 is 0 Å². The van der Waals surface area contributed by atoms with Crippen LogP contribution in [0.1, 0.15) is 75.1 Å².